The van der Waals surface area contributed by atoms with Gasteiger partial charge >= 0.3 is 0 Å². The normalized spacial score (nSPS) is 18.2. The Morgan fingerprint density at radius 1 is 1.54 bits per heavy atom. The molecule has 1 aliphatic carbocycles. The zero-order valence-corrected chi connectivity index (χ0v) is 7.52. The Bertz CT molecular complexity index is 267. The van der Waals surface area contributed by atoms with Gasteiger partial charge in [0.15, 0.2) is 5.82 Å². The second-order valence-electron chi connectivity index (χ2n) is 3.39. The number of aromatic nitrogens is 3. The summed E-state index contributed by atoms with van der Waals surface area (Å²) in [5.74, 6) is 0.440. The fourth-order valence-electron chi connectivity index (χ4n) is 1.61. The first-order valence-electron chi connectivity index (χ1n) is 4.62. The molecule has 0 unspecified atom stereocenters. The van der Waals surface area contributed by atoms with E-state index in [0.717, 1.165) is 0 Å². The summed E-state index contributed by atoms with van der Waals surface area (Å²) < 4.78 is 7.23. The second-order valence-corrected chi connectivity index (χ2v) is 3.39. The summed E-state index contributed by atoms with van der Waals surface area (Å²) in [6.07, 6.45) is 6.99. The lowest BCUT2D eigenvalue weighted by Crippen LogP contribution is -2.11. The molecule has 0 bridgehead atoms. The van der Waals surface area contributed by atoms with Crippen LogP contribution in [0, 0.1) is 0 Å². The van der Waals surface area contributed by atoms with Crippen molar-refractivity contribution in [2.24, 2.45) is 0 Å². The Morgan fingerprint density at radius 3 is 2.92 bits per heavy atom. The van der Waals surface area contributed by atoms with Crippen LogP contribution in [-0.2, 0) is 11.5 Å². The zero-order chi connectivity index (χ0) is 9.10. The average molecular weight is 182 g/mol. The molecule has 13 heavy (non-hydrogen) atoms. The van der Waals surface area contributed by atoms with Crippen LogP contribution in [0.15, 0.2) is 6.20 Å². The van der Waals surface area contributed by atoms with Crippen LogP contribution in [0.4, 0.5) is 5.82 Å². The fraction of sp³-hybridized carbons (Fsp3) is 0.750. The van der Waals surface area contributed by atoms with Gasteiger partial charge in [0.1, 0.15) is 6.73 Å². The summed E-state index contributed by atoms with van der Waals surface area (Å²) in [6.45, 7) is 0.467. The monoisotopic (exact) mass is 182 g/mol. The van der Waals surface area contributed by atoms with Crippen molar-refractivity contribution in [1.29, 1.82) is 0 Å². The van der Waals surface area contributed by atoms with Crippen molar-refractivity contribution in [2.75, 3.05) is 5.73 Å². The zero-order valence-electron chi connectivity index (χ0n) is 7.52. The minimum atomic E-state index is 0.408. The van der Waals surface area contributed by atoms with E-state index in [1.165, 1.54) is 25.7 Å². The predicted molar refractivity (Wildman–Crippen MR) is 47.8 cm³/mol. The summed E-state index contributed by atoms with van der Waals surface area (Å²) in [4.78, 5) is 0. The maximum Gasteiger partial charge on any atom is 0.166 e. The van der Waals surface area contributed by atoms with Crippen molar-refractivity contribution >= 4 is 5.82 Å². The first-order chi connectivity index (χ1) is 6.34. The minimum absolute atomic E-state index is 0.408. The lowest BCUT2D eigenvalue weighted by molar-refractivity contribution is 0.00464. The molecule has 1 saturated carbocycles. The van der Waals surface area contributed by atoms with E-state index < -0.39 is 0 Å². The molecule has 5 heteroatoms. The van der Waals surface area contributed by atoms with Gasteiger partial charge in [0.2, 0.25) is 0 Å². The average Bonchev–Trinajstić information content (AvgIpc) is 2.71. The van der Waals surface area contributed by atoms with Crippen LogP contribution in [0.1, 0.15) is 25.7 Å². The van der Waals surface area contributed by atoms with Gasteiger partial charge in [0.05, 0.1) is 12.3 Å². The third-order valence-corrected chi connectivity index (χ3v) is 2.30. The van der Waals surface area contributed by atoms with E-state index in [-0.39, 0.29) is 0 Å². The predicted octanol–water partition coefficient (Wildman–Crippen LogP) is 0.777. The molecule has 0 aliphatic heterocycles. The summed E-state index contributed by atoms with van der Waals surface area (Å²) in [7, 11) is 0. The molecule has 0 spiro atoms. The number of nitrogen functional groups attached to an aromatic ring is 1. The Kier molecular flexibility index (Phi) is 2.44. The van der Waals surface area contributed by atoms with Crippen molar-refractivity contribution < 1.29 is 4.74 Å². The molecule has 1 fully saturated rings. The molecule has 1 aliphatic rings. The summed E-state index contributed by atoms with van der Waals surface area (Å²) in [6, 6.07) is 0. The Labute approximate surface area is 76.9 Å². The lowest BCUT2D eigenvalue weighted by atomic mass is 10.3. The molecule has 0 aromatic carbocycles. The molecule has 0 atom stereocenters. The van der Waals surface area contributed by atoms with Gasteiger partial charge in [-0.15, -0.1) is 5.10 Å². The van der Waals surface area contributed by atoms with Crippen molar-refractivity contribution in [3.05, 3.63) is 6.20 Å². The highest BCUT2D eigenvalue weighted by molar-refractivity contribution is 5.19. The van der Waals surface area contributed by atoms with Gasteiger partial charge in [0, 0.05) is 0 Å². The van der Waals surface area contributed by atoms with Crippen molar-refractivity contribution in [1.82, 2.24) is 15.0 Å². The van der Waals surface area contributed by atoms with Gasteiger partial charge < -0.3 is 10.5 Å². The highest BCUT2D eigenvalue weighted by Crippen LogP contribution is 2.20. The highest BCUT2D eigenvalue weighted by atomic mass is 16.5. The standard InChI is InChI=1S/C8H14N4O/c9-8-5-12(11-10-8)6-13-7-3-1-2-4-7/h5,7H,1-4,6,9H2. The van der Waals surface area contributed by atoms with Gasteiger partial charge in [-0.25, -0.2) is 4.68 Å². The maximum absolute atomic E-state index is 5.61. The second kappa shape index (κ2) is 3.74. The Morgan fingerprint density at radius 2 is 2.31 bits per heavy atom. The molecule has 1 heterocycles. The Balaban J connectivity index is 1.78. The third-order valence-electron chi connectivity index (χ3n) is 2.30. The SMILES string of the molecule is Nc1cn(COC2CCCC2)nn1. The number of hydrogen-bond donors (Lipinski definition) is 1. The summed E-state index contributed by atoms with van der Waals surface area (Å²) >= 11 is 0. The van der Waals surface area contributed by atoms with Crippen molar-refractivity contribution in [2.45, 2.75) is 38.5 Å². The van der Waals surface area contributed by atoms with Gasteiger partial charge in [-0.2, -0.15) is 0 Å². The number of nitrogens with zero attached hydrogens (tertiary/aromatic N) is 3. The van der Waals surface area contributed by atoms with Crippen LogP contribution in [0.25, 0.3) is 0 Å². The van der Waals surface area contributed by atoms with Gasteiger partial charge in [-0.3, -0.25) is 0 Å². The van der Waals surface area contributed by atoms with E-state index in [1.807, 2.05) is 0 Å². The van der Waals surface area contributed by atoms with E-state index in [1.54, 1.807) is 10.9 Å². The number of nitrogens with two attached hydrogens (primary N) is 1. The molecule has 72 valence electrons. The highest BCUT2D eigenvalue weighted by Gasteiger charge is 2.15. The quantitative estimate of drug-likeness (QED) is 0.750. The smallest absolute Gasteiger partial charge is 0.166 e. The van der Waals surface area contributed by atoms with Crippen molar-refractivity contribution in [3.63, 3.8) is 0 Å². The molecule has 2 rings (SSSR count). The molecule has 1 aromatic rings. The van der Waals surface area contributed by atoms with Crippen LogP contribution in [0.2, 0.25) is 0 Å². The topological polar surface area (TPSA) is 66.0 Å². The van der Waals surface area contributed by atoms with Gasteiger partial charge in [0.25, 0.3) is 0 Å². The van der Waals surface area contributed by atoms with Crippen LogP contribution >= 0.6 is 0 Å². The fourth-order valence-corrected chi connectivity index (χ4v) is 1.61. The van der Waals surface area contributed by atoms with Crippen LogP contribution in [0.5, 0.6) is 0 Å². The van der Waals surface area contributed by atoms with Gasteiger partial charge in [-0.1, -0.05) is 18.1 Å². The van der Waals surface area contributed by atoms with Crippen LogP contribution < -0.4 is 5.73 Å². The lowest BCUT2D eigenvalue weighted by Gasteiger charge is -2.09. The summed E-state index contributed by atoms with van der Waals surface area (Å²) in [5, 5.41) is 7.47. The molecule has 1 aromatic heterocycles. The minimum Gasteiger partial charge on any atom is -0.381 e. The third kappa shape index (κ3) is 2.18. The number of ether oxygens (including phenoxy) is 1. The Hall–Kier alpha value is -1.10. The first kappa shape index (κ1) is 8.50. The van der Waals surface area contributed by atoms with E-state index in [0.29, 0.717) is 18.7 Å². The maximum atomic E-state index is 5.61. The van der Waals surface area contributed by atoms with Gasteiger partial charge in [-0.05, 0) is 12.8 Å². The molecule has 0 radical (unpaired) electrons. The van der Waals surface area contributed by atoms with E-state index in [9.17, 15) is 0 Å². The molecule has 2 N–H and O–H groups in total. The number of rotatable bonds is 3. The molecule has 0 saturated heterocycles. The largest absolute Gasteiger partial charge is 0.381 e. The van der Waals surface area contributed by atoms with E-state index in [2.05, 4.69) is 10.3 Å². The van der Waals surface area contributed by atoms with Crippen LogP contribution in [0.3, 0.4) is 0 Å². The van der Waals surface area contributed by atoms with Crippen molar-refractivity contribution in [3.8, 4) is 0 Å². The molecule has 0 amide bonds. The molecule has 5 nitrogen and oxygen atoms in total. The molecular formula is C8H14N4O. The first-order valence-corrected chi connectivity index (χ1v) is 4.62. The summed E-state index contributed by atoms with van der Waals surface area (Å²) in [5.41, 5.74) is 5.41. The van der Waals surface area contributed by atoms with E-state index in [4.69, 9.17) is 10.5 Å². The van der Waals surface area contributed by atoms with Crippen LogP contribution in [-0.4, -0.2) is 21.1 Å². The number of hydrogen-bond acceptors (Lipinski definition) is 4. The number of anilines is 1. The molecular weight excluding hydrogens is 168 g/mol. The van der Waals surface area contributed by atoms with E-state index >= 15 is 0 Å².